The molecule has 2 nitrogen and oxygen atoms in total. The summed E-state index contributed by atoms with van der Waals surface area (Å²) in [6, 6.07) is -0.151. The molecule has 0 bridgehead atoms. The Morgan fingerprint density at radius 1 is 1.12 bits per heavy atom. The average molecular weight is 244 g/mol. The molecule has 1 aromatic carbocycles. The largest absolute Gasteiger partial charge is 0.478 e. The fraction of sp³-hybridized carbons (Fsp3) is 0.125. The highest BCUT2D eigenvalue weighted by Gasteiger charge is 2.41. The molecular weight excluding hydrogens is 242 g/mol. The lowest BCUT2D eigenvalue weighted by Crippen LogP contribution is -2.16. The normalized spacial score (nSPS) is 11.6. The Labute approximate surface area is 84.1 Å². The van der Waals surface area contributed by atoms with Crippen molar-refractivity contribution in [3.05, 3.63) is 34.6 Å². The quantitative estimate of drug-likeness (QED) is 0.609. The highest BCUT2D eigenvalue weighted by atomic mass is 19.4. The van der Waals surface area contributed by atoms with Crippen LogP contribution in [0.15, 0.2) is 6.07 Å². The minimum absolute atomic E-state index is 0.151. The predicted octanol–water partition coefficient (Wildman–Crippen LogP) is 2.82. The van der Waals surface area contributed by atoms with E-state index in [1.54, 1.807) is 0 Å². The molecule has 0 saturated carbocycles. The summed E-state index contributed by atoms with van der Waals surface area (Å²) in [7, 11) is 0. The lowest BCUT2D eigenvalue weighted by Gasteiger charge is -2.11. The van der Waals surface area contributed by atoms with Crippen LogP contribution in [0.25, 0.3) is 0 Å². The van der Waals surface area contributed by atoms with Crippen LogP contribution >= 0.6 is 0 Å². The van der Waals surface area contributed by atoms with Gasteiger partial charge in [0.25, 0.3) is 0 Å². The number of alkyl halides is 3. The van der Waals surface area contributed by atoms with Gasteiger partial charge in [-0.3, -0.25) is 0 Å². The maximum absolute atomic E-state index is 13.0. The van der Waals surface area contributed by atoms with Gasteiger partial charge in [-0.15, -0.1) is 0 Å². The SMILES string of the molecule is O=C(O)c1cc(F)c(F)c(C(F)(F)F)c1F. The molecule has 88 valence electrons. The van der Waals surface area contributed by atoms with Crippen LogP contribution in [-0.4, -0.2) is 11.1 Å². The maximum Gasteiger partial charge on any atom is 0.422 e. The van der Waals surface area contributed by atoms with Gasteiger partial charge in [-0.2, -0.15) is 13.2 Å². The van der Waals surface area contributed by atoms with E-state index in [1.807, 2.05) is 0 Å². The van der Waals surface area contributed by atoms with Gasteiger partial charge in [-0.05, 0) is 6.07 Å². The second-order valence-corrected chi connectivity index (χ2v) is 2.71. The minimum Gasteiger partial charge on any atom is -0.478 e. The Morgan fingerprint density at radius 3 is 2.00 bits per heavy atom. The second-order valence-electron chi connectivity index (χ2n) is 2.71. The van der Waals surface area contributed by atoms with Gasteiger partial charge in [-0.25, -0.2) is 18.0 Å². The minimum atomic E-state index is -5.51. The van der Waals surface area contributed by atoms with Gasteiger partial charge in [-0.1, -0.05) is 0 Å². The lowest BCUT2D eigenvalue weighted by atomic mass is 10.1. The third-order valence-corrected chi connectivity index (χ3v) is 1.67. The van der Waals surface area contributed by atoms with Crippen LogP contribution in [0.3, 0.4) is 0 Å². The van der Waals surface area contributed by atoms with E-state index in [4.69, 9.17) is 5.11 Å². The Morgan fingerprint density at radius 2 is 1.62 bits per heavy atom. The van der Waals surface area contributed by atoms with E-state index in [0.29, 0.717) is 0 Å². The molecule has 0 amide bonds. The zero-order valence-corrected chi connectivity index (χ0v) is 7.20. The smallest absolute Gasteiger partial charge is 0.422 e. The van der Waals surface area contributed by atoms with Crippen molar-refractivity contribution in [1.82, 2.24) is 0 Å². The molecule has 1 N–H and O–H groups in total. The molecule has 0 aliphatic rings. The van der Waals surface area contributed by atoms with Crippen molar-refractivity contribution in [2.45, 2.75) is 6.18 Å². The monoisotopic (exact) mass is 244 g/mol. The molecule has 1 aromatic rings. The van der Waals surface area contributed by atoms with Crippen LogP contribution in [0.1, 0.15) is 15.9 Å². The van der Waals surface area contributed by atoms with Gasteiger partial charge < -0.3 is 5.11 Å². The highest BCUT2D eigenvalue weighted by molar-refractivity contribution is 5.88. The molecule has 16 heavy (non-hydrogen) atoms. The fourth-order valence-corrected chi connectivity index (χ4v) is 1.01. The molecule has 0 radical (unpaired) electrons. The first kappa shape index (κ1) is 12.3. The number of rotatable bonds is 1. The third kappa shape index (κ3) is 1.95. The lowest BCUT2D eigenvalue weighted by molar-refractivity contribution is -0.142. The Hall–Kier alpha value is -1.73. The number of aromatic carboxylic acids is 1. The van der Waals surface area contributed by atoms with Gasteiger partial charge in [0.1, 0.15) is 5.56 Å². The zero-order chi connectivity index (χ0) is 12.7. The molecule has 0 saturated heterocycles. The molecule has 0 fully saturated rings. The summed E-state index contributed by atoms with van der Waals surface area (Å²) in [6.07, 6.45) is -5.51. The molecule has 0 unspecified atom stereocenters. The molecule has 0 heterocycles. The summed E-state index contributed by atoms with van der Waals surface area (Å²) in [5.41, 5.74) is -4.13. The second kappa shape index (κ2) is 3.69. The number of benzene rings is 1. The summed E-state index contributed by atoms with van der Waals surface area (Å²) in [5, 5.41) is 8.27. The van der Waals surface area contributed by atoms with Crippen molar-refractivity contribution < 1.29 is 36.2 Å². The summed E-state index contributed by atoms with van der Waals surface area (Å²) >= 11 is 0. The predicted molar refractivity (Wildman–Crippen MR) is 38.3 cm³/mol. The van der Waals surface area contributed by atoms with E-state index in [-0.39, 0.29) is 6.07 Å². The number of halogens is 6. The molecular formula is C8H2F6O2. The van der Waals surface area contributed by atoms with Gasteiger partial charge in [0.2, 0.25) is 0 Å². The van der Waals surface area contributed by atoms with Crippen molar-refractivity contribution >= 4 is 5.97 Å². The van der Waals surface area contributed by atoms with Crippen LogP contribution in [0.5, 0.6) is 0 Å². The number of carboxylic acids is 1. The highest BCUT2D eigenvalue weighted by Crippen LogP contribution is 2.35. The molecule has 0 atom stereocenters. The molecule has 0 aliphatic heterocycles. The maximum atomic E-state index is 13.0. The van der Waals surface area contributed by atoms with Crippen LogP contribution in [0, 0.1) is 17.5 Å². The Bertz CT molecular complexity index is 451. The Balaban J connectivity index is 3.66. The van der Waals surface area contributed by atoms with Crippen LogP contribution in [-0.2, 0) is 6.18 Å². The number of carbonyl (C=O) groups is 1. The van der Waals surface area contributed by atoms with Crippen molar-refractivity contribution in [2.24, 2.45) is 0 Å². The van der Waals surface area contributed by atoms with Gasteiger partial charge in [0.05, 0.1) is 5.56 Å². The van der Waals surface area contributed by atoms with Crippen molar-refractivity contribution in [1.29, 1.82) is 0 Å². The van der Waals surface area contributed by atoms with E-state index in [0.717, 1.165) is 0 Å². The first-order valence-electron chi connectivity index (χ1n) is 3.64. The molecule has 0 aliphatic carbocycles. The number of hydrogen-bond donors (Lipinski definition) is 1. The van der Waals surface area contributed by atoms with E-state index < -0.39 is 40.7 Å². The van der Waals surface area contributed by atoms with Crippen LogP contribution in [0.2, 0.25) is 0 Å². The zero-order valence-electron chi connectivity index (χ0n) is 7.20. The van der Waals surface area contributed by atoms with E-state index in [1.165, 1.54) is 0 Å². The number of hydrogen-bond acceptors (Lipinski definition) is 1. The van der Waals surface area contributed by atoms with Crippen molar-refractivity contribution in [2.75, 3.05) is 0 Å². The third-order valence-electron chi connectivity index (χ3n) is 1.67. The van der Waals surface area contributed by atoms with Gasteiger partial charge in [0, 0.05) is 0 Å². The fourth-order valence-electron chi connectivity index (χ4n) is 1.01. The first-order valence-corrected chi connectivity index (χ1v) is 3.64. The van der Waals surface area contributed by atoms with E-state index >= 15 is 0 Å². The molecule has 0 spiro atoms. The van der Waals surface area contributed by atoms with Crippen molar-refractivity contribution in [3.63, 3.8) is 0 Å². The topological polar surface area (TPSA) is 37.3 Å². The summed E-state index contributed by atoms with van der Waals surface area (Å²) in [6.45, 7) is 0. The van der Waals surface area contributed by atoms with Gasteiger partial charge in [0.15, 0.2) is 17.5 Å². The van der Waals surface area contributed by atoms with Gasteiger partial charge >= 0.3 is 12.1 Å². The summed E-state index contributed by atoms with van der Waals surface area (Å²) in [5.74, 6) is -9.01. The molecule has 0 aromatic heterocycles. The Kier molecular flexibility index (Phi) is 2.85. The number of carboxylic acid groups (broad SMARTS) is 1. The van der Waals surface area contributed by atoms with E-state index in [9.17, 15) is 31.1 Å². The molecule has 8 heteroatoms. The van der Waals surface area contributed by atoms with E-state index in [2.05, 4.69) is 0 Å². The molecule has 1 rings (SSSR count). The first-order chi connectivity index (χ1) is 7.16. The van der Waals surface area contributed by atoms with Crippen LogP contribution in [0.4, 0.5) is 26.3 Å². The van der Waals surface area contributed by atoms with Crippen LogP contribution < -0.4 is 0 Å². The summed E-state index contributed by atoms with van der Waals surface area (Å²) in [4.78, 5) is 10.3. The van der Waals surface area contributed by atoms with Crippen molar-refractivity contribution in [3.8, 4) is 0 Å². The average Bonchev–Trinajstić information content (AvgIpc) is 2.08. The standard InChI is InChI=1S/C8H2F6O2/c9-3-1-2(7(15)16)5(10)4(6(3)11)8(12,13)14/h1H,(H,15,16). The summed E-state index contributed by atoms with van der Waals surface area (Å²) < 4.78 is 74.5.